The van der Waals surface area contributed by atoms with Gasteiger partial charge in [-0.2, -0.15) is 0 Å². The summed E-state index contributed by atoms with van der Waals surface area (Å²) in [6.45, 7) is 2.35. The fourth-order valence-electron chi connectivity index (χ4n) is 3.52. The number of hydrogen-bond acceptors (Lipinski definition) is 3. The lowest BCUT2D eigenvalue weighted by atomic mass is 10.2. The molecule has 1 amide bonds. The highest BCUT2D eigenvalue weighted by atomic mass is 35.5. The Morgan fingerprint density at radius 3 is 2.47 bits per heavy atom. The van der Waals surface area contributed by atoms with Crippen LogP contribution in [0.4, 0.5) is 5.69 Å². The summed E-state index contributed by atoms with van der Waals surface area (Å²) in [6.07, 6.45) is 2.47. The normalized spacial score (nSPS) is 14.7. The topological polar surface area (TPSA) is 37.6 Å². The van der Waals surface area contributed by atoms with E-state index >= 15 is 0 Å². The molecule has 1 saturated heterocycles. The van der Waals surface area contributed by atoms with Crippen molar-refractivity contribution in [1.29, 1.82) is 0 Å². The Hall–Kier alpha value is -1.79. The molecule has 4 rings (SSSR count). The van der Waals surface area contributed by atoms with Gasteiger partial charge in [-0.25, -0.2) is 4.99 Å². The smallest absolute Gasteiger partial charge is 0.222 e. The third kappa shape index (κ3) is 4.92. The van der Waals surface area contributed by atoms with E-state index in [1.54, 1.807) is 23.5 Å². The minimum absolute atomic E-state index is 0.251. The van der Waals surface area contributed by atoms with Crippen molar-refractivity contribution in [3.63, 3.8) is 0 Å². The van der Waals surface area contributed by atoms with Gasteiger partial charge in [-0.05, 0) is 48.7 Å². The number of likely N-dealkylation sites (tertiary alicyclic amines) is 1. The first-order valence-corrected chi connectivity index (χ1v) is 11.7. The molecule has 0 saturated carbocycles. The fraction of sp³-hybridized carbons (Fsp3) is 0.273. The average Bonchev–Trinajstić information content (AvgIpc) is 3.31. The highest BCUT2D eigenvalue weighted by molar-refractivity contribution is 7.07. The van der Waals surface area contributed by atoms with E-state index in [2.05, 4.69) is 9.95 Å². The lowest BCUT2D eigenvalue weighted by Gasteiger charge is -2.16. The Kier molecular flexibility index (Phi) is 6.84. The molecule has 30 heavy (non-hydrogen) atoms. The summed E-state index contributed by atoms with van der Waals surface area (Å²) in [5, 5.41) is 3.88. The number of aromatic nitrogens is 1. The Labute approximate surface area is 194 Å². The molecule has 0 bridgehead atoms. The average molecular weight is 481 g/mol. The van der Waals surface area contributed by atoms with Gasteiger partial charge in [-0.3, -0.25) is 4.79 Å². The summed E-state index contributed by atoms with van der Waals surface area (Å²) < 4.78 is 2.18. The van der Waals surface area contributed by atoms with Crippen LogP contribution < -0.4 is 4.80 Å². The minimum Gasteiger partial charge on any atom is -0.343 e. The lowest BCUT2D eigenvalue weighted by molar-refractivity contribution is -0.127. The molecule has 0 radical (unpaired) electrons. The van der Waals surface area contributed by atoms with Crippen LogP contribution in [0, 0.1) is 0 Å². The number of carbonyl (C=O) groups is 1. The Bertz CT molecular complexity index is 1120. The molecule has 0 atom stereocenters. The van der Waals surface area contributed by atoms with Crippen LogP contribution in [0.1, 0.15) is 19.3 Å². The van der Waals surface area contributed by atoms with E-state index in [0.29, 0.717) is 27.2 Å². The summed E-state index contributed by atoms with van der Waals surface area (Å²) in [6, 6.07) is 13.1. The highest BCUT2D eigenvalue weighted by Crippen LogP contribution is 2.28. The van der Waals surface area contributed by atoms with Crippen LogP contribution in [0.25, 0.3) is 11.3 Å². The van der Waals surface area contributed by atoms with E-state index in [9.17, 15) is 4.79 Å². The van der Waals surface area contributed by atoms with E-state index in [-0.39, 0.29) is 5.91 Å². The number of thiazole rings is 1. The van der Waals surface area contributed by atoms with Crippen LogP contribution in [0.5, 0.6) is 0 Å². The van der Waals surface area contributed by atoms with Gasteiger partial charge >= 0.3 is 0 Å². The Morgan fingerprint density at radius 1 is 1.00 bits per heavy atom. The predicted molar refractivity (Wildman–Crippen MR) is 125 cm³/mol. The van der Waals surface area contributed by atoms with Crippen LogP contribution in [0.2, 0.25) is 15.1 Å². The summed E-state index contributed by atoms with van der Waals surface area (Å²) in [5.41, 5.74) is 2.80. The molecule has 0 unspecified atom stereocenters. The third-order valence-electron chi connectivity index (χ3n) is 5.04. The van der Waals surface area contributed by atoms with E-state index in [1.807, 2.05) is 35.2 Å². The van der Waals surface area contributed by atoms with E-state index in [4.69, 9.17) is 39.8 Å². The zero-order valence-corrected chi connectivity index (χ0v) is 19.2. The largest absolute Gasteiger partial charge is 0.343 e. The molecule has 2 aromatic carbocycles. The number of rotatable bonds is 6. The number of hydrogen-bond donors (Lipinski definition) is 0. The van der Waals surface area contributed by atoms with Gasteiger partial charge in [0, 0.05) is 41.5 Å². The SMILES string of the molecule is O=C1CCCN1CCCn1c(-c2ccc(Cl)cc2)csc1=Nc1ccc(Cl)cc1Cl. The molecule has 4 nitrogen and oxygen atoms in total. The van der Waals surface area contributed by atoms with E-state index in [1.165, 1.54) is 0 Å². The number of amides is 1. The van der Waals surface area contributed by atoms with Gasteiger partial charge in [-0.15, -0.1) is 11.3 Å². The molecule has 156 valence electrons. The van der Waals surface area contributed by atoms with Gasteiger partial charge in [0.05, 0.1) is 16.4 Å². The number of halogens is 3. The maximum absolute atomic E-state index is 11.9. The lowest BCUT2D eigenvalue weighted by Crippen LogP contribution is -2.27. The Morgan fingerprint density at radius 2 is 1.77 bits per heavy atom. The van der Waals surface area contributed by atoms with Gasteiger partial charge in [0.25, 0.3) is 0 Å². The van der Waals surface area contributed by atoms with E-state index < -0.39 is 0 Å². The number of carbonyl (C=O) groups excluding carboxylic acids is 1. The zero-order valence-electron chi connectivity index (χ0n) is 16.2. The van der Waals surface area contributed by atoms with Crippen molar-refractivity contribution in [3.8, 4) is 11.3 Å². The zero-order chi connectivity index (χ0) is 21.1. The number of benzene rings is 2. The number of nitrogens with zero attached hydrogens (tertiary/aromatic N) is 3. The van der Waals surface area contributed by atoms with Gasteiger partial charge in [-0.1, -0.05) is 46.9 Å². The van der Waals surface area contributed by atoms with E-state index in [0.717, 1.165) is 48.5 Å². The van der Waals surface area contributed by atoms with Crippen molar-refractivity contribution >= 4 is 57.7 Å². The first-order valence-electron chi connectivity index (χ1n) is 9.73. The molecule has 1 fully saturated rings. The second kappa shape index (κ2) is 9.56. The standard InChI is InChI=1S/C22H20Cl3N3OS/c23-16-6-4-15(5-7-16)20-14-30-22(26-19-9-8-17(24)13-18(19)25)28(20)12-2-11-27-10-1-3-21(27)29/h4-9,13-14H,1-3,10-12H2. The fourth-order valence-corrected chi connectivity index (χ4v) is 5.05. The monoisotopic (exact) mass is 479 g/mol. The molecule has 1 aromatic heterocycles. The molecular weight excluding hydrogens is 461 g/mol. The molecule has 1 aliphatic rings. The second-order valence-electron chi connectivity index (χ2n) is 7.11. The highest BCUT2D eigenvalue weighted by Gasteiger charge is 2.19. The first-order chi connectivity index (χ1) is 14.5. The van der Waals surface area contributed by atoms with Crippen molar-refractivity contribution < 1.29 is 4.79 Å². The van der Waals surface area contributed by atoms with Crippen LogP contribution in [-0.2, 0) is 11.3 Å². The van der Waals surface area contributed by atoms with Gasteiger partial charge < -0.3 is 9.47 Å². The Balaban J connectivity index is 1.67. The molecule has 0 N–H and O–H groups in total. The maximum atomic E-state index is 11.9. The van der Waals surface area contributed by atoms with Crippen molar-refractivity contribution in [2.75, 3.05) is 13.1 Å². The van der Waals surface area contributed by atoms with Crippen molar-refractivity contribution in [2.24, 2.45) is 4.99 Å². The van der Waals surface area contributed by atoms with Crippen LogP contribution in [0.15, 0.2) is 52.8 Å². The third-order valence-corrected chi connectivity index (χ3v) is 6.70. The molecule has 0 spiro atoms. The first kappa shape index (κ1) is 21.4. The molecule has 1 aliphatic heterocycles. The van der Waals surface area contributed by atoms with Gasteiger partial charge in [0.2, 0.25) is 5.91 Å². The molecule has 8 heteroatoms. The van der Waals surface area contributed by atoms with Gasteiger partial charge in [0.1, 0.15) is 0 Å². The second-order valence-corrected chi connectivity index (χ2v) is 9.22. The predicted octanol–water partition coefficient (Wildman–Crippen LogP) is 6.42. The molecule has 3 aromatic rings. The van der Waals surface area contributed by atoms with Crippen LogP contribution in [0.3, 0.4) is 0 Å². The maximum Gasteiger partial charge on any atom is 0.222 e. The van der Waals surface area contributed by atoms with Crippen LogP contribution in [-0.4, -0.2) is 28.5 Å². The summed E-state index contributed by atoms with van der Waals surface area (Å²) in [4.78, 5) is 19.5. The van der Waals surface area contributed by atoms with Crippen LogP contribution >= 0.6 is 46.1 Å². The van der Waals surface area contributed by atoms with Crippen molar-refractivity contribution in [3.05, 3.63) is 67.7 Å². The van der Waals surface area contributed by atoms with Crippen molar-refractivity contribution in [1.82, 2.24) is 9.47 Å². The summed E-state index contributed by atoms with van der Waals surface area (Å²) >= 11 is 20.0. The molecule has 0 aliphatic carbocycles. The molecule has 2 heterocycles. The minimum atomic E-state index is 0.251. The van der Waals surface area contributed by atoms with Crippen molar-refractivity contribution in [2.45, 2.75) is 25.8 Å². The molecular formula is C22H20Cl3N3OS. The summed E-state index contributed by atoms with van der Waals surface area (Å²) in [5.74, 6) is 0.251. The van der Waals surface area contributed by atoms with Gasteiger partial charge in [0.15, 0.2) is 4.80 Å². The quantitative estimate of drug-likeness (QED) is 0.401. The summed E-state index contributed by atoms with van der Waals surface area (Å²) in [7, 11) is 0.